The lowest BCUT2D eigenvalue weighted by Crippen LogP contribution is -2.25. The number of likely N-dealkylation sites (tertiary alicyclic amines) is 1. The number of nitrogens with zero attached hydrogens (tertiary/aromatic N) is 3. The molecule has 114 valence electrons. The maximum Gasteiger partial charge on any atom is 0.435 e. The van der Waals surface area contributed by atoms with Crippen LogP contribution in [0.2, 0.25) is 0 Å². The van der Waals surface area contributed by atoms with Crippen molar-refractivity contribution in [2.45, 2.75) is 38.9 Å². The van der Waals surface area contributed by atoms with Crippen molar-refractivity contribution in [1.29, 1.82) is 0 Å². The van der Waals surface area contributed by atoms with Gasteiger partial charge in [0.1, 0.15) is 0 Å². The Labute approximate surface area is 116 Å². The molecule has 1 saturated heterocycles. The van der Waals surface area contributed by atoms with Gasteiger partial charge >= 0.3 is 6.18 Å². The second kappa shape index (κ2) is 5.73. The van der Waals surface area contributed by atoms with Crippen molar-refractivity contribution in [3.63, 3.8) is 0 Å². The SMILES string of the molecule is CCc1c(C)c(C(F)(F)F)nn1C1CCN(CCO)C1. The van der Waals surface area contributed by atoms with Crippen molar-refractivity contribution >= 4 is 0 Å². The minimum absolute atomic E-state index is 0.0358. The van der Waals surface area contributed by atoms with E-state index in [0.717, 1.165) is 13.0 Å². The first-order valence-corrected chi connectivity index (χ1v) is 6.86. The molecule has 2 heterocycles. The predicted molar refractivity (Wildman–Crippen MR) is 68.5 cm³/mol. The molecule has 7 heteroatoms. The minimum Gasteiger partial charge on any atom is -0.395 e. The fourth-order valence-corrected chi connectivity index (χ4v) is 2.91. The van der Waals surface area contributed by atoms with Gasteiger partial charge in [0, 0.05) is 30.9 Å². The molecule has 4 nitrogen and oxygen atoms in total. The lowest BCUT2D eigenvalue weighted by atomic mass is 10.1. The molecule has 1 fully saturated rings. The summed E-state index contributed by atoms with van der Waals surface area (Å²) in [5.41, 5.74) is 0.128. The number of hydrogen-bond donors (Lipinski definition) is 1. The molecule has 1 aliphatic rings. The fraction of sp³-hybridized carbons (Fsp3) is 0.769. The van der Waals surface area contributed by atoms with Gasteiger partial charge in [-0.25, -0.2) is 0 Å². The van der Waals surface area contributed by atoms with Crippen LogP contribution in [0.4, 0.5) is 13.2 Å². The second-order valence-electron chi connectivity index (χ2n) is 5.18. The first-order valence-electron chi connectivity index (χ1n) is 6.86. The van der Waals surface area contributed by atoms with Gasteiger partial charge in [0.05, 0.1) is 12.6 Å². The van der Waals surface area contributed by atoms with Gasteiger partial charge in [-0.3, -0.25) is 9.58 Å². The summed E-state index contributed by atoms with van der Waals surface area (Å²) in [4.78, 5) is 2.05. The summed E-state index contributed by atoms with van der Waals surface area (Å²) >= 11 is 0. The molecule has 1 unspecified atom stereocenters. The highest BCUT2D eigenvalue weighted by molar-refractivity contribution is 5.27. The van der Waals surface area contributed by atoms with E-state index in [1.165, 1.54) is 6.92 Å². The Morgan fingerprint density at radius 3 is 2.65 bits per heavy atom. The quantitative estimate of drug-likeness (QED) is 0.922. The highest BCUT2D eigenvalue weighted by atomic mass is 19.4. The summed E-state index contributed by atoms with van der Waals surface area (Å²) in [6, 6.07) is -0.0358. The zero-order chi connectivity index (χ0) is 14.9. The van der Waals surface area contributed by atoms with E-state index in [1.807, 2.05) is 11.8 Å². The molecule has 0 radical (unpaired) electrons. The summed E-state index contributed by atoms with van der Waals surface area (Å²) in [5, 5.41) is 12.8. The van der Waals surface area contributed by atoms with Crippen LogP contribution >= 0.6 is 0 Å². The lowest BCUT2D eigenvalue weighted by molar-refractivity contribution is -0.142. The molecule has 1 aliphatic heterocycles. The fourth-order valence-electron chi connectivity index (χ4n) is 2.91. The number of aliphatic hydroxyl groups excluding tert-OH is 1. The number of hydrogen-bond acceptors (Lipinski definition) is 3. The van der Waals surface area contributed by atoms with Crippen LogP contribution in [-0.2, 0) is 12.6 Å². The molecule has 20 heavy (non-hydrogen) atoms. The Bertz CT molecular complexity index is 470. The van der Waals surface area contributed by atoms with Crippen molar-refractivity contribution in [2.24, 2.45) is 0 Å². The highest BCUT2D eigenvalue weighted by Crippen LogP contribution is 2.34. The van der Waals surface area contributed by atoms with Crippen LogP contribution in [0.1, 0.15) is 36.3 Å². The first-order chi connectivity index (χ1) is 9.38. The van der Waals surface area contributed by atoms with E-state index >= 15 is 0 Å². The third kappa shape index (κ3) is 2.83. The van der Waals surface area contributed by atoms with Gasteiger partial charge in [0.15, 0.2) is 5.69 Å². The Kier molecular flexibility index (Phi) is 4.39. The maximum absolute atomic E-state index is 12.9. The van der Waals surface area contributed by atoms with Crippen molar-refractivity contribution in [3.05, 3.63) is 17.0 Å². The van der Waals surface area contributed by atoms with Crippen LogP contribution in [0.15, 0.2) is 0 Å². The summed E-state index contributed by atoms with van der Waals surface area (Å²) in [6.07, 6.45) is -3.10. The number of rotatable bonds is 4. The topological polar surface area (TPSA) is 41.3 Å². The molecule has 0 aromatic carbocycles. The Hall–Kier alpha value is -1.08. The Morgan fingerprint density at radius 1 is 1.40 bits per heavy atom. The van der Waals surface area contributed by atoms with Crippen LogP contribution in [-0.4, -0.2) is 46.0 Å². The number of aromatic nitrogens is 2. The molecule has 0 saturated carbocycles. The van der Waals surface area contributed by atoms with E-state index in [4.69, 9.17) is 5.11 Å². The van der Waals surface area contributed by atoms with E-state index in [0.29, 0.717) is 25.2 Å². The van der Waals surface area contributed by atoms with Crippen LogP contribution in [0.3, 0.4) is 0 Å². The molecule has 0 aliphatic carbocycles. The summed E-state index contributed by atoms with van der Waals surface area (Å²) in [5.74, 6) is 0. The standard InChI is InChI=1S/C13H20F3N3O/c1-3-11-9(2)12(13(14,15)16)17-19(11)10-4-5-18(8-10)6-7-20/h10,20H,3-8H2,1-2H3. The number of alkyl halides is 3. The molecule has 1 N–H and O–H groups in total. The molecular formula is C13H20F3N3O. The van der Waals surface area contributed by atoms with Crippen molar-refractivity contribution in [3.8, 4) is 0 Å². The van der Waals surface area contributed by atoms with Gasteiger partial charge in [-0.15, -0.1) is 0 Å². The third-order valence-electron chi connectivity index (χ3n) is 3.89. The van der Waals surface area contributed by atoms with Crippen molar-refractivity contribution < 1.29 is 18.3 Å². The minimum atomic E-state index is -4.40. The van der Waals surface area contributed by atoms with E-state index < -0.39 is 11.9 Å². The Morgan fingerprint density at radius 2 is 2.10 bits per heavy atom. The van der Waals surface area contributed by atoms with Crippen LogP contribution in [0.5, 0.6) is 0 Å². The summed E-state index contributed by atoms with van der Waals surface area (Å²) < 4.78 is 40.4. The average Bonchev–Trinajstić information content (AvgIpc) is 2.93. The number of β-amino-alcohol motifs (C(OH)–C–C–N with tert-alkyl or cyclic N) is 1. The average molecular weight is 291 g/mol. The van der Waals surface area contributed by atoms with E-state index in [1.54, 1.807) is 4.68 Å². The Balaban J connectivity index is 2.28. The highest BCUT2D eigenvalue weighted by Gasteiger charge is 2.39. The number of halogens is 3. The molecule has 0 amide bonds. The smallest absolute Gasteiger partial charge is 0.395 e. The number of aliphatic hydroxyl groups is 1. The van der Waals surface area contributed by atoms with E-state index in [2.05, 4.69) is 5.10 Å². The van der Waals surface area contributed by atoms with Gasteiger partial charge < -0.3 is 5.11 Å². The largest absolute Gasteiger partial charge is 0.435 e. The molecule has 0 bridgehead atoms. The van der Waals surface area contributed by atoms with E-state index in [-0.39, 0.29) is 18.2 Å². The van der Waals surface area contributed by atoms with Gasteiger partial charge in [0.2, 0.25) is 0 Å². The second-order valence-corrected chi connectivity index (χ2v) is 5.18. The first kappa shape index (κ1) is 15.3. The van der Waals surface area contributed by atoms with E-state index in [9.17, 15) is 13.2 Å². The molecule has 0 spiro atoms. The maximum atomic E-state index is 12.9. The molecular weight excluding hydrogens is 271 g/mol. The van der Waals surface area contributed by atoms with Crippen LogP contribution in [0, 0.1) is 6.92 Å². The van der Waals surface area contributed by atoms with Crippen molar-refractivity contribution in [1.82, 2.24) is 14.7 Å². The molecule has 1 aromatic rings. The third-order valence-corrected chi connectivity index (χ3v) is 3.89. The predicted octanol–water partition coefficient (Wildman–Crippen LogP) is 2.01. The van der Waals surface area contributed by atoms with Crippen molar-refractivity contribution in [2.75, 3.05) is 26.2 Å². The van der Waals surface area contributed by atoms with Gasteiger partial charge in [-0.1, -0.05) is 6.92 Å². The van der Waals surface area contributed by atoms with Crippen LogP contribution in [0.25, 0.3) is 0 Å². The molecule has 1 aromatic heterocycles. The summed E-state index contributed by atoms with van der Waals surface area (Å²) in [6.45, 7) is 5.40. The summed E-state index contributed by atoms with van der Waals surface area (Å²) in [7, 11) is 0. The lowest BCUT2D eigenvalue weighted by Gasteiger charge is -2.16. The zero-order valence-electron chi connectivity index (χ0n) is 11.7. The molecule has 2 rings (SSSR count). The normalized spacial score (nSPS) is 20.8. The van der Waals surface area contributed by atoms with Crippen LogP contribution < -0.4 is 0 Å². The van der Waals surface area contributed by atoms with Gasteiger partial charge in [-0.05, 0) is 19.8 Å². The monoisotopic (exact) mass is 291 g/mol. The van der Waals surface area contributed by atoms with Gasteiger partial charge in [-0.2, -0.15) is 18.3 Å². The zero-order valence-corrected chi connectivity index (χ0v) is 11.7. The molecule has 1 atom stereocenters. The van der Waals surface area contributed by atoms with Gasteiger partial charge in [0.25, 0.3) is 0 Å².